The average molecular weight is 758 g/mol. The molecule has 0 aromatic heterocycles. The van der Waals surface area contributed by atoms with Crippen molar-refractivity contribution in [2.45, 2.75) is 61.4 Å². The number of aliphatic hydroxyl groups excluding tert-OH is 6. The summed E-state index contributed by atoms with van der Waals surface area (Å²) in [6, 6.07) is 12.6. The van der Waals surface area contributed by atoms with Gasteiger partial charge in [0.25, 0.3) is 6.10 Å². The second kappa shape index (κ2) is 16.0. The largest absolute Gasteiger partial charge is 0.510 e. The van der Waals surface area contributed by atoms with E-state index in [1.54, 1.807) is 0 Å². The van der Waals surface area contributed by atoms with Crippen molar-refractivity contribution < 1.29 is 84.0 Å². The van der Waals surface area contributed by atoms with E-state index in [4.69, 9.17) is 28.1 Å². The van der Waals surface area contributed by atoms with Gasteiger partial charge in [0.2, 0.25) is 12.6 Å². The monoisotopic (exact) mass is 757 g/mol. The summed E-state index contributed by atoms with van der Waals surface area (Å²) in [5.41, 5.74) is 0.0324. The van der Waals surface area contributed by atoms with Crippen LogP contribution in [0.1, 0.15) is 5.56 Å². The number of ether oxygens (including phenoxy) is 5. The molecule has 1 aliphatic carbocycles. The SMILES string of the molecule is O=c1cc2oc(-c3ccc(O)cc3)c(O[C@@H]3O[C@@H](CO)[C@H](O)[C@H](O)[C@H]3O[C@@H]3O[C@H](CO)[C@@H](O)[C@H](O)[C@H]3OC(=[OH+])C=Cc3ccc(O)c(O)c3)cc-2c(O)c1. The molecule has 3 heterocycles. The van der Waals surface area contributed by atoms with Crippen molar-refractivity contribution in [1.82, 2.24) is 0 Å². The van der Waals surface area contributed by atoms with Crippen molar-refractivity contribution in [3.63, 3.8) is 0 Å². The van der Waals surface area contributed by atoms with E-state index in [0.29, 0.717) is 11.1 Å². The van der Waals surface area contributed by atoms with Gasteiger partial charge in [-0.2, -0.15) is 0 Å². The maximum Gasteiger partial charge on any atom is 0.510 e. The third kappa shape index (κ3) is 7.97. The summed E-state index contributed by atoms with van der Waals surface area (Å²) in [6.45, 7) is -1.66. The highest BCUT2D eigenvalue weighted by atomic mass is 16.8. The third-order valence-electron chi connectivity index (χ3n) is 8.79. The minimum Gasteiger partial charge on any atom is -0.508 e. The number of aliphatic hydroxyl groups is 6. The maximum absolute atomic E-state index is 12.2. The lowest BCUT2D eigenvalue weighted by Gasteiger charge is -2.45. The lowest BCUT2D eigenvalue weighted by molar-refractivity contribution is -0.356. The number of hydrogen-bond donors (Lipinski definition) is 10. The Balaban J connectivity index is 1.35. The Morgan fingerprint density at radius 3 is 2.04 bits per heavy atom. The van der Waals surface area contributed by atoms with Crippen molar-refractivity contribution in [1.29, 1.82) is 0 Å². The number of phenols is 4. The van der Waals surface area contributed by atoms with Gasteiger partial charge in [-0.3, -0.25) is 4.79 Å². The third-order valence-corrected chi connectivity index (χ3v) is 8.79. The highest BCUT2D eigenvalue weighted by molar-refractivity contribution is 5.88. The number of carbonyl (C=O) groups excluding carboxylic acids is 1. The van der Waals surface area contributed by atoms with Gasteiger partial charge < -0.3 is 84.0 Å². The average Bonchev–Trinajstić information content (AvgIpc) is 3.14. The van der Waals surface area contributed by atoms with Gasteiger partial charge in [0.15, 0.2) is 40.6 Å². The van der Waals surface area contributed by atoms with Crippen LogP contribution >= 0.6 is 0 Å². The van der Waals surface area contributed by atoms with E-state index in [-0.39, 0.29) is 34.3 Å². The van der Waals surface area contributed by atoms with Crippen molar-refractivity contribution >= 4 is 12.0 Å². The minimum absolute atomic E-state index is 0.00764. The number of fused-ring (bicyclic) bond motifs is 1. The first-order valence-electron chi connectivity index (χ1n) is 16.4. The molecule has 288 valence electrons. The highest BCUT2D eigenvalue weighted by Gasteiger charge is 2.55. The molecular formula is C36H37O18+. The van der Waals surface area contributed by atoms with Gasteiger partial charge in [-0.25, -0.2) is 0 Å². The molecule has 0 unspecified atom stereocenters. The molecule has 18 nitrogen and oxygen atoms in total. The molecule has 18 heteroatoms. The van der Waals surface area contributed by atoms with Gasteiger partial charge in [-0.15, -0.1) is 0 Å². The standard InChI is InChI=1S/C36H36O18/c37-13-25-29(46)31(48)34(35(51-25)50-24-12-19-21(42)10-18(40)11-23(19)49-32(24)16-3-5-17(39)6-4-16)54-36-33(30(47)28(45)26(14-38)52-36)53-27(44)8-2-15-1-7-20(41)22(43)9-15/h1-12,25-26,28-31,33-39,41-43,45-48H,13-14H2/p+1/t25-,26+,28+,29-,30-,31-,33+,34+,35+,36-/m0/s1. The Morgan fingerprint density at radius 2 is 1.39 bits per heavy atom. The van der Waals surface area contributed by atoms with Crippen molar-refractivity contribution in [2.75, 3.05) is 13.2 Å². The molecule has 2 aromatic carbocycles. The molecule has 6 rings (SSSR count). The molecule has 11 N–H and O–H groups in total. The normalized spacial score (nSPS) is 28.6. The van der Waals surface area contributed by atoms with E-state index in [9.17, 15) is 60.7 Å². The van der Waals surface area contributed by atoms with E-state index in [0.717, 1.165) is 18.2 Å². The smallest absolute Gasteiger partial charge is 0.508 e. The Morgan fingerprint density at radius 1 is 0.741 bits per heavy atom. The zero-order valence-electron chi connectivity index (χ0n) is 27.9. The molecule has 0 saturated carbocycles. The first-order chi connectivity index (χ1) is 25.8. The number of phenolic OH excluding ortho intramolecular Hbond substituents is 4. The number of aromatic hydroxyl groups is 4. The molecule has 54 heavy (non-hydrogen) atoms. The van der Waals surface area contributed by atoms with Gasteiger partial charge in [0.1, 0.15) is 47.8 Å². The summed E-state index contributed by atoms with van der Waals surface area (Å²) in [4.78, 5) is 22.8. The fourth-order valence-electron chi connectivity index (χ4n) is 5.93. The van der Waals surface area contributed by atoms with Crippen LogP contribution < -0.4 is 10.2 Å². The van der Waals surface area contributed by atoms with E-state index in [1.165, 1.54) is 54.6 Å². The topological polar surface area (TPSA) is 300 Å². The zero-order chi connectivity index (χ0) is 38.8. The van der Waals surface area contributed by atoms with Crippen LogP contribution in [0.3, 0.4) is 0 Å². The predicted octanol–water partition coefficient (Wildman–Crippen LogP) is -0.523. The zero-order valence-corrected chi connectivity index (χ0v) is 27.9. The molecule has 3 aliphatic heterocycles. The molecule has 4 aliphatic rings. The predicted molar refractivity (Wildman–Crippen MR) is 182 cm³/mol. The van der Waals surface area contributed by atoms with Gasteiger partial charge in [-0.05, 0) is 54.1 Å². The van der Waals surface area contributed by atoms with Gasteiger partial charge >= 0.3 is 5.97 Å². The molecule has 2 fully saturated rings. The lowest BCUT2D eigenvalue weighted by Crippen LogP contribution is -2.65. The van der Waals surface area contributed by atoms with E-state index in [2.05, 4.69) is 0 Å². The van der Waals surface area contributed by atoms with Crippen LogP contribution in [0.5, 0.6) is 28.7 Å². The van der Waals surface area contributed by atoms with Crippen molar-refractivity contribution in [3.8, 4) is 51.4 Å². The van der Waals surface area contributed by atoms with Crippen LogP contribution in [-0.4, -0.2) is 136 Å². The van der Waals surface area contributed by atoms with Crippen molar-refractivity contribution in [2.24, 2.45) is 0 Å². The van der Waals surface area contributed by atoms with Crippen LogP contribution in [0.15, 0.2) is 76.0 Å². The second-order valence-electron chi connectivity index (χ2n) is 12.5. The summed E-state index contributed by atoms with van der Waals surface area (Å²) in [5, 5.41) is 103. The Hall–Kier alpha value is -5.28. The van der Waals surface area contributed by atoms with E-state index >= 15 is 0 Å². The maximum atomic E-state index is 12.2. The first kappa shape index (κ1) is 38.4. The van der Waals surface area contributed by atoms with Crippen LogP contribution in [0.4, 0.5) is 0 Å². The van der Waals surface area contributed by atoms with Gasteiger partial charge in [0.05, 0.1) is 24.9 Å². The van der Waals surface area contributed by atoms with Crippen LogP contribution in [0.2, 0.25) is 0 Å². The fourth-order valence-corrected chi connectivity index (χ4v) is 5.93. The number of benzene rings is 3. The summed E-state index contributed by atoms with van der Waals surface area (Å²) >= 11 is 0. The Bertz CT molecular complexity index is 1990. The van der Waals surface area contributed by atoms with Gasteiger partial charge in [0, 0.05) is 17.7 Å². The lowest BCUT2D eigenvalue weighted by atomic mass is 9.97. The quantitative estimate of drug-likeness (QED) is 0.0421. The molecule has 0 bridgehead atoms. The molecule has 2 aromatic rings. The molecule has 0 spiro atoms. The fraction of sp³-hybridized carbons (Fsp3) is 0.333. The number of hydrogen-bond acceptors (Lipinski definition) is 17. The summed E-state index contributed by atoms with van der Waals surface area (Å²) < 4.78 is 35.1. The first-order valence-corrected chi connectivity index (χ1v) is 16.4. The van der Waals surface area contributed by atoms with Crippen molar-refractivity contribution in [3.05, 3.63) is 82.5 Å². The van der Waals surface area contributed by atoms with Gasteiger partial charge in [-0.1, -0.05) is 6.07 Å². The van der Waals surface area contributed by atoms with Crippen LogP contribution in [-0.2, 0) is 18.9 Å². The Labute approximate surface area is 304 Å². The van der Waals surface area contributed by atoms with E-state index < -0.39 is 97.5 Å². The van der Waals surface area contributed by atoms with E-state index in [1.807, 2.05) is 0 Å². The molecule has 2 saturated heterocycles. The highest BCUT2D eigenvalue weighted by Crippen LogP contribution is 2.42. The molecular weight excluding hydrogens is 720 g/mol. The number of esters is 1. The van der Waals surface area contributed by atoms with Crippen LogP contribution in [0.25, 0.3) is 28.7 Å². The molecule has 10 atom stereocenters. The number of rotatable bonds is 10. The van der Waals surface area contributed by atoms with Crippen LogP contribution in [0, 0.1) is 0 Å². The summed E-state index contributed by atoms with van der Waals surface area (Å²) in [5.74, 6) is -2.60. The second-order valence-corrected chi connectivity index (χ2v) is 12.5. The molecule has 0 radical (unpaired) electrons. The minimum atomic E-state index is -1.94. The Kier molecular flexibility index (Phi) is 11.4. The molecule has 0 amide bonds. The summed E-state index contributed by atoms with van der Waals surface area (Å²) in [7, 11) is 0. The summed E-state index contributed by atoms with van der Waals surface area (Å²) in [6.07, 6.45) is -15.4.